The van der Waals surface area contributed by atoms with Crippen molar-refractivity contribution in [2.24, 2.45) is 5.73 Å². The highest BCUT2D eigenvalue weighted by Crippen LogP contribution is 2.07. The van der Waals surface area contributed by atoms with E-state index in [4.69, 9.17) is 10.2 Å². The standard InChI is InChI=1S/C8H16N4O3S/c1-6(5-16(2,13)14)10-8-12-11-7(15-8)3-4-9/h6H,3-5,9H2,1-2H3,(H,10,12). The molecule has 1 unspecified atom stereocenters. The van der Waals surface area contributed by atoms with Crippen LogP contribution in [0.3, 0.4) is 0 Å². The van der Waals surface area contributed by atoms with E-state index in [9.17, 15) is 8.42 Å². The molecule has 8 heteroatoms. The molecule has 0 saturated carbocycles. The van der Waals surface area contributed by atoms with Gasteiger partial charge in [-0.2, -0.15) is 0 Å². The summed E-state index contributed by atoms with van der Waals surface area (Å²) in [6.07, 6.45) is 1.69. The van der Waals surface area contributed by atoms with Crippen molar-refractivity contribution < 1.29 is 12.8 Å². The summed E-state index contributed by atoms with van der Waals surface area (Å²) in [6.45, 7) is 2.16. The molecule has 0 aromatic carbocycles. The highest BCUT2D eigenvalue weighted by molar-refractivity contribution is 7.90. The molecule has 7 nitrogen and oxygen atoms in total. The summed E-state index contributed by atoms with van der Waals surface area (Å²) < 4.78 is 27.2. The van der Waals surface area contributed by atoms with Crippen molar-refractivity contribution >= 4 is 15.9 Å². The molecule has 1 aromatic rings. The van der Waals surface area contributed by atoms with E-state index in [1.807, 2.05) is 0 Å². The minimum absolute atomic E-state index is 0.0155. The Morgan fingerprint density at radius 1 is 1.50 bits per heavy atom. The maximum absolute atomic E-state index is 11.0. The van der Waals surface area contributed by atoms with Crippen molar-refractivity contribution in [1.29, 1.82) is 0 Å². The van der Waals surface area contributed by atoms with Crippen molar-refractivity contribution in [1.82, 2.24) is 10.2 Å². The molecule has 16 heavy (non-hydrogen) atoms. The van der Waals surface area contributed by atoms with Crippen LogP contribution in [0.15, 0.2) is 4.42 Å². The molecule has 0 aliphatic heterocycles. The van der Waals surface area contributed by atoms with Crippen molar-refractivity contribution in [2.75, 3.05) is 23.9 Å². The first-order valence-electron chi connectivity index (χ1n) is 4.87. The molecule has 1 rings (SSSR count). The Labute approximate surface area is 94.3 Å². The fraction of sp³-hybridized carbons (Fsp3) is 0.750. The van der Waals surface area contributed by atoms with Crippen LogP contribution in [-0.4, -0.2) is 43.2 Å². The molecule has 1 atom stereocenters. The molecule has 1 aromatic heterocycles. The monoisotopic (exact) mass is 248 g/mol. The van der Waals surface area contributed by atoms with Crippen molar-refractivity contribution in [3.05, 3.63) is 5.89 Å². The number of hydrogen-bond donors (Lipinski definition) is 2. The second-order valence-corrected chi connectivity index (χ2v) is 5.86. The van der Waals surface area contributed by atoms with Crippen molar-refractivity contribution in [3.63, 3.8) is 0 Å². The van der Waals surface area contributed by atoms with Crippen LogP contribution in [0.2, 0.25) is 0 Å². The Morgan fingerprint density at radius 2 is 2.19 bits per heavy atom. The van der Waals surface area contributed by atoms with Gasteiger partial charge in [-0.25, -0.2) is 8.42 Å². The van der Waals surface area contributed by atoms with Crippen LogP contribution >= 0.6 is 0 Å². The molecule has 0 radical (unpaired) electrons. The van der Waals surface area contributed by atoms with Gasteiger partial charge in [0, 0.05) is 25.3 Å². The molecular weight excluding hydrogens is 232 g/mol. The molecule has 0 fully saturated rings. The number of nitrogens with zero attached hydrogens (tertiary/aromatic N) is 2. The molecule has 0 bridgehead atoms. The van der Waals surface area contributed by atoms with Gasteiger partial charge in [-0.05, 0) is 6.92 Å². The minimum Gasteiger partial charge on any atom is -0.408 e. The number of aromatic nitrogens is 2. The molecule has 0 saturated heterocycles. The Bertz CT molecular complexity index is 428. The first-order valence-corrected chi connectivity index (χ1v) is 6.93. The van der Waals surface area contributed by atoms with E-state index in [1.54, 1.807) is 6.92 Å². The van der Waals surface area contributed by atoms with Crippen molar-refractivity contribution in [3.8, 4) is 0 Å². The quantitative estimate of drug-likeness (QED) is 0.692. The Balaban J connectivity index is 2.52. The summed E-state index contributed by atoms with van der Waals surface area (Å²) in [5, 5.41) is 10.3. The van der Waals surface area contributed by atoms with Crippen LogP contribution in [0.5, 0.6) is 0 Å². The van der Waals surface area contributed by atoms with Gasteiger partial charge in [-0.15, -0.1) is 5.10 Å². The summed E-state index contributed by atoms with van der Waals surface area (Å²) in [4.78, 5) is 0. The average Bonchev–Trinajstić information content (AvgIpc) is 2.49. The fourth-order valence-corrected chi connectivity index (χ4v) is 2.23. The number of nitrogens with one attached hydrogen (secondary N) is 1. The first-order chi connectivity index (χ1) is 7.40. The predicted molar refractivity (Wildman–Crippen MR) is 59.9 cm³/mol. The zero-order chi connectivity index (χ0) is 12.2. The highest BCUT2D eigenvalue weighted by Gasteiger charge is 2.13. The summed E-state index contributed by atoms with van der Waals surface area (Å²) in [7, 11) is -3.02. The van der Waals surface area contributed by atoms with E-state index < -0.39 is 9.84 Å². The SMILES string of the molecule is CC(CS(C)(=O)=O)Nc1nnc(CCN)o1. The Morgan fingerprint density at radius 3 is 2.75 bits per heavy atom. The van der Waals surface area contributed by atoms with Crippen molar-refractivity contribution in [2.45, 2.75) is 19.4 Å². The summed E-state index contributed by atoms with van der Waals surface area (Å²) >= 11 is 0. The van der Waals surface area contributed by atoms with E-state index in [0.717, 1.165) is 0 Å². The number of sulfone groups is 1. The first kappa shape index (κ1) is 12.9. The molecule has 0 aliphatic carbocycles. The number of anilines is 1. The van der Waals surface area contributed by atoms with Gasteiger partial charge in [0.05, 0.1) is 5.75 Å². The van der Waals surface area contributed by atoms with Gasteiger partial charge in [0.15, 0.2) is 0 Å². The van der Waals surface area contributed by atoms with Crippen LogP contribution in [0.25, 0.3) is 0 Å². The maximum atomic E-state index is 11.0. The van der Waals surface area contributed by atoms with Gasteiger partial charge in [0.1, 0.15) is 9.84 Å². The maximum Gasteiger partial charge on any atom is 0.315 e. The number of hydrogen-bond acceptors (Lipinski definition) is 7. The van der Waals surface area contributed by atoms with Crippen LogP contribution in [0, 0.1) is 0 Å². The molecule has 3 N–H and O–H groups in total. The van der Waals surface area contributed by atoms with E-state index >= 15 is 0 Å². The van der Waals surface area contributed by atoms with Gasteiger partial charge < -0.3 is 15.5 Å². The molecule has 92 valence electrons. The summed E-state index contributed by atoms with van der Waals surface area (Å²) in [6, 6.07) is -0.0548. The molecule has 0 spiro atoms. The highest BCUT2D eigenvalue weighted by atomic mass is 32.2. The van der Waals surface area contributed by atoms with Gasteiger partial charge in [0.25, 0.3) is 0 Å². The molecule has 1 heterocycles. The number of nitrogens with two attached hydrogens (primary N) is 1. The number of rotatable bonds is 6. The third-order valence-corrected chi connectivity index (χ3v) is 2.85. The lowest BCUT2D eigenvalue weighted by molar-refractivity contribution is 0.502. The van der Waals surface area contributed by atoms with Crippen LogP contribution in [-0.2, 0) is 16.3 Å². The molecular formula is C8H16N4O3S. The lowest BCUT2D eigenvalue weighted by Crippen LogP contribution is -2.25. The Hall–Kier alpha value is -1.15. The third-order valence-electron chi connectivity index (χ3n) is 1.75. The third kappa shape index (κ3) is 4.58. The lowest BCUT2D eigenvalue weighted by atomic mass is 10.4. The Kier molecular flexibility index (Phi) is 4.25. The predicted octanol–water partition coefficient (Wildman–Crippen LogP) is -0.584. The largest absolute Gasteiger partial charge is 0.408 e. The summed E-state index contributed by atoms with van der Waals surface area (Å²) in [5.74, 6) is 0.457. The van der Waals surface area contributed by atoms with Gasteiger partial charge >= 0.3 is 6.01 Å². The zero-order valence-corrected chi connectivity index (χ0v) is 10.1. The second-order valence-electron chi connectivity index (χ2n) is 3.68. The fourth-order valence-electron chi connectivity index (χ4n) is 1.24. The van der Waals surface area contributed by atoms with Crippen LogP contribution in [0.1, 0.15) is 12.8 Å². The van der Waals surface area contributed by atoms with Gasteiger partial charge in [-0.1, -0.05) is 5.10 Å². The van der Waals surface area contributed by atoms with Crippen LogP contribution in [0.4, 0.5) is 6.01 Å². The normalized spacial score (nSPS) is 13.7. The summed E-state index contributed by atoms with van der Waals surface area (Å²) in [5.41, 5.74) is 5.33. The van der Waals surface area contributed by atoms with Crippen LogP contribution < -0.4 is 11.1 Å². The molecule has 0 aliphatic rings. The van der Waals surface area contributed by atoms with Gasteiger partial charge in [0.2, 0.25) is 5.89 Å². The lowest BCUT2D eigenvalue weighted by Gasteiger charge is -2.09. The van der Waals surface area contributed by atoms with E-state index in [1.165, 1.54) is 6.26 Å². The van der Waals surface area contributed by atoms with E-state index in [2.05, 4.69) is 15.5 Å². The second kappa shape index (κ2) is 5.26. The topological polar surface area (TPSA) is 111 Å². The minimum atomic E-state index is -3.02. The van der Waals surface area contributed by atoms with E-state index in [0.29, 0.717) is 18.9 Å². The zero-order valence-electron chi connectivity index (χ0n) is 9.30. The molecule has 0 amide bonds. The van der Waals surface area contributed by atoms with Gasteiger partial charge in [-0.3, -0.25) is 0 Å². The van der Waals surface area contributed by atoms with E-state index in [-0.39, 0.29) is 17.8 Å². The average molecular weight is 248 g/mol. The smallest absolute Gasteiger partial charge is 0.315 e.